The van der Waals surface area contributed by atoms with E-state index in [9.17, 15) is 9.59 Å². The number of rotatable bonds is 5. The molecule has 0 aliphatic carbocycles. The normalized spacial score (nSPS) is 10.3. The number of para-hydroxylation sites is 1. The van der Waals surface area contributed by atoms with Crippen LogP contribution in [0, 0.1) is 13.8 Å². The highest BCUT2D eigenvalue weighted by atomic mass is 32.1. The molecule has 0 saturated carbocycles. The lowest BCUT2D eigenvalue weighted by molar-refractivity contribution is 0.0691. The first-order chi connectivity index (χ1) is 9.49. The van der Waals surface area contributed by atoms with E-state index >= 15 is 0 Å². The Hall–Kier alpha value is -2.21. The van der Waals surface area contributed by atoms with Crippen LogP contribution in [0.3, 0.4) is 0 Å². The van der Waals surface area contributed by atoms with Crippen molar-refractivity contribution in [1.82, 2.24) is 4.98 Å². The molecule has 0 aliphatic heterocycles. The van der Waals surface area contributed by atoms with Gasteiger partial charge < -0.3 is 9.84 Å². The third-order valence-electron chi connectivity index (χ3n) is 2.72. The first-order valence-electron chi connectivity index (χ1n) is 5.90. The maximum absolute atomic E-state index is 11.9. The lowest BCUT2D eigenvalue weighted by Gasteiger charge is -2.10. The summed E-state index contributed by atoms with van der Waals surface area (Å²) in [6.07, 6.45) is 0. The molecule has 1 aromatic heterocycles. The van der Waals surface area contributed by atoms with Gasteiger partial charge in [0.1, 0.15) is 5.75 Å². The third kappa shape index (κ3) is 3.03. The number of aryl methyl sites for hydroxylation is 2. The van der Waals surface area contributed by atoms with Gasteiger partial charge in [0.2, 0.25) is 5.78 Å². The van der Waals surface area contributed by atoms with Crippen LogP contribution >= 0.6 is 11.3 Å². The molecule has 0 spiro atoms. The number of nitrogens with zero attached hydrogens (tertiary/aromatic N) is 1. The molecule has 0 aliphatic rings. The van der Waals surface area contributed by atoms with E-state index in [1.54, 1.807) is 0 Å². The van der Waals surface area contributed by atoms with Crippen molar-refractivity contribution >= 4 is 23.1 Å². The molecule has 0 bridgehead atoms. The molecule has 1 N–H and O–H groups in total. The van der Waals surface area contributed by atoms with Gasteiger partial charge in [-0.15, -0.1) is 11.3 Å². The summed E-state index contributed by atoms with van der Waals surface area (Å²) in [4.78, 5) is 26.4. The van der Waals surface area contributed by atoms with Crippen molar-refractivity contribution in [3.05, 3.63) is 45.4 Å². The van der Waals surface area contributed by atoms with Crippen LogP contribution in [0.15, 0.2) is 23.6 Å². The van der Waals surface area contributed by atoms with Gasteiger partial charge in [-0.3, -0.25) is 4.79 Å². The second kappa shape index (κ2) is 5.83. The standard InChI is InChI=1S/C14H13NO4S/c1-8-4-3-5-9(2)12(8)19-6-11(16)13-15-10(7-20-13)14(17)18/h3-5,7H,6H2,1-2H3,(H,17,18). The molecule has 1 heterocycles. The van der Waals surface area contributed by atoms with Gasteiger partial charge in [0.15, 0.2) is 17.3 Å². The summed E-state index contributed by atoms with van der Waals surface area (Å²) in [5, 5.41) is 10.3. The molecular formula is C14H13NO4S. The van der Waals surface area contributed by atoms with Crippen molar-refractivity contribution in [2.45, 2.75) is 13.8 Å². The van der Waals surface area contributed by atoms with Crippen LogP contribution in [-0.2, 0) is 0 Å². The molecule has 6 heteroatoms. The molecular weight excluding hydrogens is 278 g/mol. The summed E-state index contributed by atoms with van der Waals surface area (Å²) in [5.74, 6) is -0.794. The predicted octanol–water partition coefficient (Wildman–Crippen LogP) is 2.72. The zero-order valence-corrected chi connectivity index (χ0v) is 11.9. The highest BCUT2D eigenvalue weighted by molar-refractivity contribution is 7.12. The van der Waals surface area contributed by atoms with E-state index in [1.165, 1.54) is 5.38 Å². The summed E-state index contributed by atoms with van der Waals surface area (Å²) in [5.41, 5.74) is 1.77. The number of hydrogen-bond acceptors (Lipinski definition) is 5. The molecule has 0 radical (unpaired) electrons. The van der Waals surface area contributed by atoms with E-state index in [4.69, 9.17) is 9.84 Å². The fraction of sp³-hybridized carbons (Fsp3) is 0.214. The molecule has 20 heavy (non-hydrogen) atoms. The zero-order chi connectivity index (χ0) is 14.7. The van der Waals surface area contributed by atoms with Crippen LogP contribution in [0.25, 0.3) is 0 Å². The molecule has 2 rings (SSSR count). The van der Waals surface area contributed by atoms with Crippen LogP contribution < -0.4 is 4.74 Å². The Morgan fingerprint density at radius 2 is 1.95 bits per heavy atom. The van der Waals surface area contributed by atoms with Crippen molar-refractivity contribution < 1.29 is 19.4 Å². The van der Waals surface area contributed by atoms with Crippen LogP contribution in [0.2, 0.25) is 0 Å². The highest BCUT2D eigenvalue weighted by Crippen LogP contribution is 2.22. The number of carbonyl (C=O) groups excluding carboxylic acids is 1. The Bertz CT molecular complexity index is 643. The second-order valence-electron chi connectivity index (χ2n) is 4.28. The van der Waals surface area contributed by atoms with E-state index < -0.39 is 5.97 Å². The van der Waals surface area contributed by atoms with E-state index in [1.807, 2.05) is 32.0 Å². The van der Waals surface area contributed by atoms with Gasteiger partial charge in [-0.1, -0.05) is 18.2 Å². The van der Waals surface area contributed by atoms with Crippen molar-refractivity contribution in [1.29, 1.82) is 0 Å². The first kappa shape index (κ1) is 14.2. The summed E-state index contributed by atoms with van der Waals surface area (Å²) < 4.78 is 5.52. The molecule has 0 saturated heterocycles. The van der Waals surface area contributed by atoms with Gasteiger partial charge in [0.25, 0.3) is 0 Å². The number of Topliss-reactive ketones (excluding diaryl/α,β-unsaturated/α-hetero) is 1. The Kier molecular flexibility index (Phi) is 4.14. The minimum atomic E-state index is -1.14. The number of carboxylic acids is 1. The number of carbonyl (C=O) groups is 2. The average Bonchev–Trinajstić information content (AvgIpc) is 2.87. The molecule has 2 aromatic rings. The Balaban J connectivity index is 2.07. The smallest absolute Gasteiger partial charge is 0.355 e. The lowest BCUT2D eigenvalue weighted by Crippen LogP contribution is -2.13. The monoisotopic (exact) mass is 291 g/mol. The number of benzene rings is 1. The number of ketones is 1. The van der Waals surface area contributed by atoms with E-state index in [0.29, 0.717) is 5.75 Å². The fourth-order valence-electron chi connectivity index (χ4n) is 1.73. The fourth-order valence-corrected chi connectivity index (χ4v) is 2.44. The summed E-state index contributed by atoms with van der Waals surface area (Å²) in [7, 11) is 0. The lowest BCUT2D eigenvalue weighted by atomic mass is 10.1. The van der Waals surface area contributed by atoms with Crippen LogP contribution in [0.1, 0.15) is 31.4 Å². The number of carboxylic acid groups (broad SMARTS) is 1. The Morgan fingerprint density at radius 3 is 2.50 bits per heavy atom. The summed E-state index contributed by atoms with van der Waals surface area (Å²) >= 11 is 1.01. The maximum atomic E-state index is 11.9. The predicted molar refractivity (Wildman–Crippen MR) is 74.8 cm³/mol. The third-order valence-corrected chi connectivity index (χ3v) is 3.60. The van der Waals surface area contributed by atoms with Gasteiger partial charge in [-0.05, 0) is 25.0 Å². The van der Waals surface area contributed by atoms with Gasteiger partial charge in [0, 0.05) is 5.38 Å². The Labute approximate surface area is 119 Å². The van der Waals surface area contributed by atoms with Crippen LogP contribution in [0.4, 0.5) is 0 Å². The van der Waals surface area contributed by atoms with Crippen LogP contribution in [0.5, 0.6) is 5.75 Å². The average molecular weight is 291 g/mol. The second-order valence-corrected chi connectivity index (χ2v) is 5.13. The number of hydrogen-bond donors (Lipinski definition) is 1. The summed E-state index contributed by atoms with van der Waals surface area (Å²) in [6, 6.07) is 5.72. The highest BCUT2D eigenvalue weighted by Gasteiger charge is 2.16. The van der Waals surface area contributed by atoms with Crippen molar-refractivity contribution in [2.24, 2.45) is 0 Å². The van der Waals surface area contributed by atoms with Gasteiger partial charge in [-0.25, -0.2) is 9.78 Å². The molecule has 0 unspecified atom stereocenters. The van der Waals surface area contributed by atoms with Crippen molar-refractivity contribution in [3.8, 4) is 5.75 Å². The zero-order valence-electron chi connectivity index (χ0n) is 11.0. The van der Waals surface area contributed by atoms with Crippen LogP contribution in [-0.4, -0.2) is 28.4 Å². The quantitative estimate of drug-likeness (QED) is 0.857. The van der Waals surface area contributed by atoms with Gasteiger partial charge in [-0.2, -0.15) is 0 Å². The van der Waals surface area contributed by atoms with Gasteiger partial charge >= 0.3 is 5.97 Å². The number of thiazole rings is 1. The molecule has 1 aromatic carbocycles. The minimum Gasteiger partial charge on any atom is -0.485 e. The number of aromatic carboxylic acids is 1. The number of aromatic nitrogens is 1. The first-order valence-corrected chi connectivity index (χ1v) is 6.78. The Morgan fingerprint density at radius 1 is 1.30 bits per heavy atom. The molecule has 0 atom stereocenters. The van der Waals surface area contributed by atoms with E-state index in [-0.39, 0.29) is 23.1 Å². The molecule has 0 amide bonds. The SMILES string of the molecule is Cc1cccc(C)c1OCC(=O)c1nc(C(=O)O)cs1. The van der Waals surface area contributed by atoms with E-state index in [2.05, 4.69) is 4.98 Å². The van der Waals surface area contributed by atoms with Gasteiger partial charge in [0.05, 0.1) is 0 Å². The minimum absolute atomic E-state index is 0.120. The molecule has 0 fully saturated rings. The maximum Gasteiger partial charge on any atom is 0.355 e. The topological polar surface area (TPSA) is 76.5 Å². The summed E-state index contributed by atoms with van der Waals surface area (Å²) in [6.45, 7) is 3.65. The van der Waals surface area contributed by atoms with Crippen molar-refractivity contribution in [2.75, 3.05) is 6.61 Å². The van der Waals surface area contributed by atoms with Crippen molar-refractivity contribution in [3.63, 3.8) is 0 Å². The number of ether oxygens (including phenoxy) is 1. The largest absolute Gasteiger partial charge is 0.485 e. The molecule has 5 nitrogen and oxygen atoms in total. The molecule has 104 valence electrons. The van der Waals surface area contributed by atoms with E-state index in [0.717, 1.165) is 22.5 Å².